The van der Waals surface area contributed by atoms with E-state index in [1.54, 1.807) is 13.2 Å². The monoisotopic (exact) mass is 349 g/mol. The lowest BCUT2D eigenvalue weighted by Crippen LogP contribution is -2.51. The van der Waals surface area contributed by atoms with Gasteiger partial charge in [0.25, 0.3) is 0 Å². The summed E-state index contributed by atoms with van der Waals surface area (Å²) in [6, 6.07) is 20.0. The zero-order valence-electron chi connectivity index (χ0n) is 15.0. The minimum atomic E-state index is 0.0818. The van der Waals surface area contributed by atoms with Crippen LogP contribution in [0.1, 0.15) is 11.3 Å². The first kappa shape index (κ1) is 16.8. The molecule has 2 heterocycles. The van der Waals surface area contributed by atoms with Gasteiger partial charge in [0.1, 0.15) is 0 Å². The molecule has 1 saturated heterocycles. The fraction of sp³-hybridized carbons (Fsp3) is 0.286. The standard InChI is InChI=1S/C21H23N3O2/c1-26-23-13-11-22(12-14-23)24-18(15-17-7-3-2-4-8-17)16-21(25)19-9-5-6-10-20(19)24/h2-10,16H,11-15H2,1H3. The third kappa shape index (κ3) is 3.23. The Bertz CT molecular complexity index is 944. The number of pyridine rings is 1. The molecule has 0 unspecified atom stereocenters. The summed E-state index contributed by atoms with van der Waals surface area (Å²) in [5, 5.41) is 5.05. The van der Waals surface area contributed by atoms with Gasteiger partial charge < -0.3 is 9.85 Å². The Balaban J connectivity index is 1.81. The van der Waals surface area contributed by atoms with Gasteiger partial charge in [-0.1, -0.05) is 42.5 Å². The first-order chi connectivity index (χ1) is 12.8. The van der Waals surface area contributed by atoms with Crippen molar-refractivity contribution in [3.63, 3.8) is 0 Å². The van der Waals surface area contributed by atoms with Crippen LogP contribution in [-0.2, 0) is 11.3 Å². The molecule has 0 radical (unpaired) electrons. The third-order valence-electron chi connectivity index (χ3n) is 4.95. The largest absolute Gasteiger partial charge is 0.310 e. The van der Waals surface area contributed by atoms with E-state index in [1.165, 1.54) is 5.56 Å². The first-order valence-corrected chi connectivity index (χ1v) is 8.98. The number of rotatable bonds is 4. The van der Waals surface area contributed by atoms with Gasteiger partial charge in [0.05, 0.1) is 12.6 Å². The number of hydrogen-bond donors (Lipinski definition) is 0. The van der Waals surface area contributed by atoms with Gasteiger partial charge in [-0.05, 0) is 17.7 Å². The molecule has 5 nitrogen and oxygen atoms in total. The van der Waals surface area contributed by atoms with Crippen molar-refractivity contribution in [3.05, 3.63) is 82.1 Å². The molecule has 1 aliphatic rings. The number of nitrogens with zero attached hydrogens (tertiary/aromatic N) is 3. The average molecular weight is 349 g/mol. The number of para-hydroxylation sites is 1. The molecular weight excluding hydrogens is 326 g/mol. The Kier molecular flexibility index (Phi) is 4.73. The van der Waals surface area contributed by atoms with Crippen LogP contribution in [-0.4, -0.2) is 43.0 Å². The van der Waals surface area contributed by atoms with Gasteiger partial charge in [-0.25, -0.2) is 0 Å². The maximum absolute atomic E-state index is 12.7. The molecule has 5 heteroatoms. The molecule has 1 aromatic heterocycles. The van der Waals surface area contributed by atoms with Crippen molar-refractivity contribution in [2.75, 3.05) is 38.3 Å². The summed E-state index contributed by atoms with van der Waals surface area (Å²) < 4.78 is 2.23. The summed E-state index contributed by atoms with van der Waals surface area (Å²) in [4.78, 5) is 18.0. The number of aromatic nitrogens is 1. The van der Waals surface area contributed by atoms with E-state index in [1.807, 2.05) is 47.5 Å². The van der Waals surface area contributed by atoms with Crippen LogP contribution in [0, 0.1) is 0 Å². The zero-order valence-corrected chi connectivity index (χ0v) is 15.0. The van der Waals surface area contributed by atoms with Crippen molar-refractivity contribution >= 4 is 10.9 Å². The Morgan fingerprint density at radius 1 is 0.923 bits per heavy atom. The topological polar surface area (TPSA) is 37.7 Å². The predicted molar refractivity (Wildman–Crippen MR) is 104 cm³/mol. The molecule has 0 aliphatic carbocycles. The van der Waals surface area contributed by atoms with Crippen molar-refractivity contribution < 1.29 is 4.84 Å². The molecule has 26 heavy (non-hydrogen) atoms. The Hall–Kier alpha value is -2.63. The SMILES string of the molecule is CON1CCN(n2c(Cc3ccccc3)cc(=O)c3ccccc32)CC1. The van der Waals surface area contributed by atoms with Crippen LogP contribution in [0.4, 0.5) is 0 Å². The van der Waals surface area contributed by atoms with E-state index in [9.17, 15) is 4.79 Å². The fourth-order valence-corrected chi connectivity index (χ4v) is 3.64. The highest BCUT2D eigenvalue weighted by Crippen LogP contribution is 2.18. The highest BCUT2D eigenvalue weighted by atomic mass is 16.7. The van der Waals surface area contributed by atoms with Crippen LogP contribution < -0.4 is 10.4 Å². The maximum Gasteiger partial charge on any atom is 0.189 e. The molecule has 4 rings (SSSR count). The molecule has 0 atom stereocenters. The minimum absolute atomic E-state index is 0.0818. The summed E-state index contributed by atoms with van der Waals surface area (Å²) in [7, 11) is 1.71. The summed E-state index contributed by atoms with van der Waals surface area (Å²) in [5.74, 6) is 0. The molecule has 0 saturated carbocycles. The van der Waals surface area contributed by atoms with Crippen LogP contribution in [0.25, 0.3) is 10.9 Å². The van der Waals surface area contributed by atoms with E-state index in [0.717, 1.165) is 49.2 Å². The lowest BCUT2D eigenvalue weighted by molar-refractivity contribution is -0.135. The second-order valence-corrected chi connectivity index (χ2v) is 6.56. The third-order valence-corrected chi connectivity index (χ3v) is 4.95. The molecule has 0 amide bonds. The fourth-order valence-electron chi connectivity index (χ4n) is 3.64. The van der Waals surface area contributed by atoms with Crippen molar-refractivity contribution in [1.82, 2.24) is 9.74 Å². The van der Waals surface area contributed by atoms with E-state index >= 15 is 0 Å². The maximum atomic E-state index is 12.7. The van der Waals surface area contributed by atoms with E-state index in [0.29, 0.717) is 0 Å². The smallest absolute Gasteiger partial charge is 0.189 e. The van der Waals surface area contributed by atoms with Crippen LogP contribution in [0.5, 0.6) is 0 Å². The first-order valence-electron chi connectivity index (χ1n) is 8.98. The van der Waals surface area contributed by atoms with Gasteiger partial charge in [-0.2, -0.15) is 5.06 Å². The Morgan fingerprint density at radius 2 is 1.62 bits per heavy atom. The van der Waals surface area contributed by atoms with Gasteiger partial charge in [-0.15, -0.1) is 0 Å². The van der Waals surface area contributed by atoms with Gasteiger partial charge in [0, 0.05) is 49.7 Å². The number of benzene rings is 2. The van der Waals surface area contributed by atoms with E-state index < -0.39 is 0 Å². The van der Waals surface area contributed by atoms with Crippen LogP contribution >= 0.6 is 0 Å². The molecule has 2 aromatic carbocycles. The highest BCUT2D eigenvalue weighted by molar-refractivity contribution is 5.79. The predicted octanol–water partition coefficient (Wildman–Crippen LogP) is 2.41. The number of hydroxylamine groups is 2. The zero-order chi connectivity index (χ0) is 17.9. The summed E-state index contributed by atoms with van der Waals surface area (Å²) >= 11 is 0. The van der Waals surface area contributed by atoms with E-state index in [-0.39, 0.29) is 5.43 Å². The second-order valence-electron chi connectivity index (χ2n) is 6.56. The summed E-state index contributed by atoms with van der Waals surface area (Å²) in [5.41, 5.74) is 3.27. The van der Waals surface area contributed by atoms with E-state index in [2.05, 4.69) is 21.8 Å². The van der Waals surface area contributed by atoms with Crippen molar-refractivity contribution in [1.29, 1.82) is 0 Å². The molecule has 3 aromatic rings. The van der Waals surface area contributed by atoms with Crippen LogP contribution in [0.3, 0.4) is 0 Å². The molecule has 0 N–H and O–H groups in total. The van der Waals surface area contributed by atoms with Gasteiger partial charge in [0.2, 0.25) is 0 Å². The summed E-state index contributed by atoms with van der Waals surface area (Å²) in [6.07, 6.45) is 0.728. The van der Waals surface area contributed by atoms with Gasteiger partial charge >= 0.3 is 0 Å². The molecule has 134 valence electrons. The normalized spacial score (nSPS) is 15.5. The number of piperazine rings is 1. The number of hydrogen-bond acceptors (Lipinski definition) is 4. The van der Waals surface area contributed by atoms with E-state index in [4.69, 9.17) is 4.84 Å². The number of fused-ring (bicyclic) bond motifs is 1. The molecular formula is C21H23N3O2. The van der Waals surface area contributed by atoms with Crippen molar-refractivity contribution in [2.45, 2.75) is 6.42 Å². The van der Waals surface area contributed by atoms with Crippen molar-refractivity contribution in [3.8, 4) is 0 Å². The minimum Gasteiger partial charge on any atom is -0.310 e. The molecule has 1 aliphatic heterocycles. The average Bonchev–Trinajstić information content (AvgIpc) is 2.69. The Labute approximate surface area is 153 Å². The molecule has 1 fully saturated rings. The van der Waals surface area contributed by atoms with Crippen LogP contribution in [0.15, 0.2) is 65.5 Å². The summed E-state index contributed by atoms with van der Waals surface area (Å²) in [6.45, 7) is 3.37. The van der Waals surface area contributed by atoms with Crippen molar-refractivity contribution in [2.24, 2.45) is 0 Å². The van der Waals surface area contributed by atoms with Gasteiger partial charge in [-0.3, -0.25) is 9.47 Å². The highest BCUT2D eigenvalue weighted by Gasteiger charge is 2.20. The second kappa shape index (κ2) is 7.32. The lowest BCUT2D eigenvalue weighted by Gasteiger charge is -2.38. The van der Waals surface area contributed by atoms with Gasteiger partial charge in [0.15, 0.2) is 5.43 Å². The molecule has 0 spiro atoms. The quantitative estimate of drug-likeness (QED) is 0.725. The lowest BCUT2D eigenvalue weighted by atomic mass is 10.1. The molecule has 0 bridgehead atoms. The Morgan fingerprint density at radius 3 is 2.35 bits per heavy atom. The van der Waals surface area contributed by atoms with Crippen LogP contribution in [0.2, 0.25) is 0 Å².